The van der Waals surface area contributed by atoms with Gasteiger partial charge in [-0.2, -0.15) is 0 Å². The molecule has 0 aromatic heterocycles. The predicted octanol–water partition coefficient (Wildman–Crippen LogP) is 0.942. The van der Waals surface area contributed by atoms with Gasteiger partial charge in [0.1, 0.15) is 0 Å². The van der Waals surface area contributed by atoms with E-state index in [2.05, 4.69) is 48.0 Å². The lowest BCUT2D eigenvalue weighted by molar-refractivity contribution is 0.119. The van der Waals surface area contributed by atoms with Crippen molar-refractivity contribution < 1.29 is 0 Å². The Morgan fingerprint density at radius 2 is 1.75 bits per heavy atom. The minimum Gasteiger partial charge on any atom is -0.314 e. The van der Waals surface area contributed by atoms with Crippen LogP contribution < -0.4 is 5.32 Å². The molecule has 2 fully saturated rings. The molecule has 0 aromatic carbocycles. The Kier molecular flexibility index (Phi) is 6.27. The van der Waals surface area contributed by atoms with Gasteiger partial charge in [0, 0.05) is 44.8 Å². The van der Waals surface area contributed by atoms with E-state index >= 15 is 0 Å². The van der Waals surface area contributed by atoms with E-state index in [1.807, 2.05) is 0 Å². The molecule has 0 spiro atoms. The summed E-state index contributed by atoms with van der Waals surface area (Å²) in [5.41, 5.74) is 0. The van der Waals surface area contributed by atoms with Crippen molar-refractivity contribution in [2.45, 2.75) is 38.8 Å². The smallest absolute Gasteiger partial charge is 0.0120 e. The Morgan fingerprint density at radius 3 is 2.45 bits per heavy atom. The lowest BCUT2D eigenvalue weighted by Crippen LogP contribution is -2.51. The highest BCUT2D eigenvalue weighted by atomic mass is 15.2. The van der Waals surface area contributed by atoms with Crippen LogP contribution in [0.3, 0.4) is 0 Å². The normalized spacial score (nSPS) is 34.5. The standard InChI is InChI=1S/C16H34N4/c1-14-13-19(4)15(2)12-16(14)17-6-5-7-20-10-8-18(3)9-11-20/h14-17H,5-13H2,1-4H3. The second kappa shape index (κ2) is 7.74. The topological polar surface area (TPSA) is 21.8 Å². The van der Waals surface area contributed by atoms with Crippen LogP contribution in [0.15, 0.2) is 0 Å². The summed E-state index contributed by atoms with van der Waals surface area (Å²) in [6, 6.07) is 1.44. The third-order valence-corrected chi connectivity index (χ3v) is 5.26. The molecule has 0 radical (unpaired) electrons. The number of piperazine rings is 1. The molecule has 2 heterocycles. The van der Waals surface area contributed by atoms with Crippen LogP contribution in [0.25, 0.3) is 0 Å². The van der Waals surface area contributed by atoms with E-state index < -0.39 is 0 Å². The predicted molar refractivity (Wildman–Crippen MR) is 86.2 cm³/mol. The first-order valence-electron chi connectivity index (χ1n) is 8.40. The van der Waals surface area contributed by atoms with Crippen LogP contribution in [0, 0.1) is 5.92 Å². The lowest BCUT2D eigenvalue weighted by Gasteiger charge is -2.40. The van der Waals surface area contributed by atoms with Crippen LogP contribution in [0.2, 0.25) is 0 Å². The fourth-order valence-corrected chi connectivity index (χ4v) is 3.49. The van der Waals surface area contributed by atoms with Crippen molar-refractivity contribution in [1.82, 2.24) is 20.0 Å². The second-order valence-corrected chi connectivity index (χ2v) is 7.06. The molecule has 2 aliphatic heterocycles. The van der Waals surface area contributed by atoms with Crippen LogP contribution in [0.5, 0.6) is 0 Å². The van der Waals surface area contributed by atoms with E-state index in [1.165, 1.54) is 58.7 Å². The lowest BCUT2D eigenvalue weighted by atomic mass is 9.90. The van der Waals surface area contributed by atoms with Gasteiger partial charge in [-0.3, -0.25) is 0 Å². The Hall–Kier alpha value is -0.160. The Balaban J connectivity index is 1.59. The number of hydrogen-bond donors (Lipinski definition) is 1. The zero-order valence-corrected chi connectivity index (χ0v) is 13.9. The quantitative estimate of drug-likeness (QED) is 0.758. The maximum atomic E-state index is 3.81. The van der Waals surface area contributed by atoms with Crippen molar-refractivity contribution in [3.05, 3.63) is 0 Å². The van der Waals surface area contributed by atoms with Gasteiger partial charge in [0.25, 0.3) is 0 Å². The Morgan fingerprint density at radius 1 is 1.05 bits per heavy atom. The molecule has 1 N–H and O–H groups in total. The van der Waals surface area contributed by atoms with E-state index in [4.69, 9.17) is 0 Å². The molecule has 118 valence electrons. The molecule has 2 aliphatic rings. The van der Waals surface area contributed by atoms with Crippen LogP contribution >= 0.6 is 0 Å². The molecule has 0 amide bonds. The van der Waals surface area contributed by atoms with E-state index in [9.17, 15) is 0 Å². The van der Waals surface area contributed by atoms with Crippen LogP contribution in [0.1, 0.15) is 26.7 Å². The molecule has 0 aliphatic carbocycles. The number of nitrogens with zero attached hydrogens (tertiary/aromatic N) is 3. The number of piperidine rings is 1. The third-order valence-electron chi connectivity index (χ3n) is 5.26. The summed E-state index contributed by atoms with van der Waals surface area (Å²) >= 11 is 0. The molecule has 4 nitrogen and oxygen atoms in total. The molecule has 3 unspecified atom stereocenters. The fraction of sp³-hybridized carbons (Fsp3) is 1.00. The van der Waals surface area contributed by atoms with Gasteiger partial charge in [-0.15, -0.1) is 0 Å². The summed E-state index contributed by atoms with van der Waals surface area (Å²) in [7, 11) is 4.48. The summed E-state index contributed by atoms with van der Waals surface area (Å²) in [5, 5.41) is 3.81. The van der Waals surface area contributed by atoms with Gasteiger partial charge in [0.2, 0.25) is 0 Å². The summed E-state index contributed by atoms with van der Waals surface area (Å²) < 4.78 is 0. The molecule has 0 aromatic rings. The van der Waals surface area contributed by atoms with Gasteiger partial charge < -0.3 is 20.0 Å². The van der Waals surface area contributed by atoms with Crippen molar-refractivity contribution in [3.63, 3.8) is 0 Å². The first kappa shape index (κ1) is 16.2. The first-order valence-corrected chi connectivity index (χ1v) is 8.40. The van der Waals surface area contributed by atoms with Crippen molar-refractivity contribution in [3.8, 4) is 0 Å². The number of likely N-dealkylation sites (N-methyl/N-ethyl adjacent to an activating group) is 1. The zero-order valence-electron chi connectivity index (χ0n) is 13.9. The summed E-state index contributed by atoms with van der Waals surface area (Å²) in [6.07, 6.45) is 2.59. The van der Waals surface area contributed by atoms with Gasteiger partial charge in [-0.25, -0.2) is 0 Å². The van der Waals surface area contributed by atoms with Crippen molar-refractivity contribution in [2.75, 3.05) is 59.9 Å². The van der Waals surface area contributed by atoms with Gasteiger partial charge in [0.05, 0.1) is 0 Å². The van der Waals surface area contributed by atoms with Crippen LogP contribution in [0.4, 0.5) is 0 Å². The number of likely N-dealkylation sites (tertiary alicyclic amines) is 1. The minimum atomic E-state index is 0.716. The van der Waals surface area contributed by atoms with Crippen LogP contribution in [-0.2, 0) is 0 Å². The highest BCUT2D eigenvalue weighted by Crippen LogP contribution is 2.20. The maximum absolute atomic E-state index is 3.81. The molecule has 4 heteroatoms. The SMILES string of the molecule is CC1CN(C)C(C)CC1NCCCN1CCN(C)CC1. The first-order chi connectivity index (χ1) is 9.56. The molecule has 20 heavy (non-hydrogen) atoms. The molecule has 3 atom stereocenters. The third kappa shape index (κ3) is 4.69. The fourth-order valence-electron chi connectivity index (χ4n) is 3.49. The number of hydrogen-bond acceptors (Lipinski definition) is 4. The molecule has 0 saturated carbocycles. The Bertz CT molecular complexity index is 276. The monoisotopic (exact) mass is 282 g/mol. The number of nitrogens with one attached hydrogen (secondary N) is 1. The highest BCUT2D eigenvalue weighted by Gasteiger charge is 2.28. The van der Waals surface area contributed by atoms with Gasteiger partial charge >= 0.3 is 0 Å². The number of rotatable bonds is 5. The molecule has 2 rings (SSSR count). The summed E-state index contributed by atoms with van der Waals surface area (Å²) in [6.45, 7) is 13.4. The van der Waals surface area contributed by atoms with Crippen LogP contribution in [-0.4, -0.2) is 86.7 Å². The second-order valence-electron chi connectivity index (χ2n) is 7.06. The van der Waals surface area contributed by atoms with Crippen molar-refractivity contribution in [2.24, 2.45) is 5.92 Å². The average molecular weight is 282 g/mol. The van der Waals surface area contributed by atoms with Crippen molar-refractivity contribution >= 4 is 0 Å². The maximum Gasteiger partial charge on any atom is 0.0120 e. The van der Waals surface area contributed by atoms with Crippen molar-refractivity contribution in [1.29, 1.82) is 0 Å². The molecule has 2 saturated heterocycles. The minimum absolute atomic E-state index is 0.716. The van der Waals surface area contributed by atoms with E-state index in [0.29, 0.717) is 6.04 Å². The van der Waals surface area contributed by atoms with E-state index in [0.717, 1.165) is 12.0 Å². The average Bonchev–Trinajstić information content (AvgIpc) is 2.42. The van der Waals surface area contributed by atoms with Gasteiger partial charge in [-0.1, -0.05) is 6.92 Å². The van der Waals surface area contributed by atoms with E-state index in [-0.39, 0.29) is 0 Å². The molecule has 0 bridgehead atoms. The van der Waals surface area contributed by atoms with Gasteiger partial charge in [-0.05, 0) is 52.9 Å². The molecular weight excluding hydrogens is 248 g/mol. The van der Waals surface area contributed by atoms with Gasteiger partial charge in [0.15, 0.2) is 0 Å². The highest BCUT2D eigenvalue weighted by molar-refractivity contribution is 4.86. The Labute approximate surface area is 125 Å². The zero-order chi connectivity index (χ0) is 14.5. The van der Waals surface area contributed by atoms with E-state index in [1.54, 1.807) is 0 Å². The molecular formula is C16H34N4. The largest absolute Gasteiger partial charge is 0.314 e. The summed E-state index contributed by atoms with van der Waals surface area (Å²) in [4.78, 5) is 7.53. The summed E-state index contributed by atoms with van der Waals surface area (Å²) in [5.74, 6) is 0.778.